The molecular formula is C22H25FN6O3. The summed E-state index contributed by atoms with van der Waals surface area (Å²) in [4.78, 5) is 41.3. The number of H-pyrrole nitrogens is 1. The number of aromatic nitrogens is 3. The highest BCUT2D eigenvalue weighted by atomic mass is 19.1. The van der Waals surface area contributed by atoms with Gasteiger partial charge >= 0.3 is 0 Å². The first-order valence-corrected chi connectivity index (χ1v) is 10.4. The zero-order chi connectivity index (χ0) is 22.8. The molecule has 3 N–H and O–H groups in total. The van der Waals surface area contributed by atoms with Gasteiger partial charge in [0, 0.05) is 62.5 Å². The highest BCUT2D eigenvalue weighted by molar-refractivity contribution is 5.88. The van der Waals surface area contributed by atoms with Gasteiger partial charge in [-0.05, 0) is 30.2 Å². The molecule has 168 valence electrons. The van der Waals surface area contributed by atoms with Crippen LogP contribution in [0.3, 0.4) is 0 Å². The molecule has 1 aliphatic rings. The van der Waals surface area contributed by atoms with Crippen molar-refractivity contribution in [2.45, 2.75) is 25.8 Å². The minimum Gasteiger partial charge on any atom is -0.361 e. The molecule has 1 atom stereocenters. The van der Waals surface area contributed by atoms with Crippen molar-refractivity contribution in [2.75, 3.05) is 19.6 Å². The Hall–Kier alpha value is -3.69. The number of amides is 3. The number of carbonyl (C=O) groups is 3. The van der Waals surface area contributed by atoms with Crippen molar-refractivity contribution < 1.29 is 18.8 Å². The van der Waals surface area contributed by atoms with E-state index in [1.54, 1.807) is 28.9 Å². The fourth-order valence-corrected chi connectivity index (χ4v) is 4.06. The first-order valence-electron chi connectivity index (χ1n) is 10.4. The molecule has 4 rings (SSSR count). The third-order valence-electron chi connectivity index (χ3n) is 5.61. The number of hydrogen-bond acceptors (Lipinski definition) is 4. The predicted molar refractivity (Wildman–Crippen MR) is 115 cm³/mol. The van der Waals surface area contributed by atoms with Crippen molar-refractivity contribution in [2.24, 2.45) is 7.05 Å². The summed E-state index contributed by atoms with van der Waals surface area (Å²) in [7, 11) is 1.77. The van der Waals surface area contributed by atoms with Crippen molar-refractivity contribution in [3.63, 3.8) is 0 Å². The fraction of sp³-hybridized carbons (Fsp3) is 0.364. The Bertz CT molecular complexity index is 1180. The lowest BCUT2D eigenvalue weighted by molar-refractivity contribution is -0.134. The molecule has 32 heavy (non-hydrogen) atoms. The Kier molecular flexibility index (Phi) is 5.93. The average molecular weight is 440 g/mol. The van der Waals surface area contributed by atoms with E-state index in [0.29, 0.717) is 25.2 Å². The second-order valence-electron chi connectivity index (χ2n) is 7.99. The molecule has 1 aliphatic heterocycles. The molecule has 0 bridgehead atoms. The second-order valence-corrected chi connectivity index (χ2v) is 7.99. The van der Waals surface area contributed by atoms with E-state index in [9.17, 15) is 18.8 Å². The number of rotatable bonds is 6. The number of nitrogens with zero attached hydrogens (tertiary/aromatic N) is 3. The van der Waals surface area contributed by atoms with Crippen LogP contribution in [-0.4, -0.2) is 57.0 Å². The molecule has 1 aromatic carbocycles. The standard InChI is InChI=1S/C22H25FN6O3/c1-13(30)25-9-20(31)29-11-15-10-28(2)27-21(15)18(12-29)22(32)24-6-5-14-8-26-19-4-3-16(23)7-17(14)19/h3-4,7-8,10,18,26H,5-6,9,11-12H2,1-2H3,(H,24,32)(H,25,30)/t18-/m1/s1. The zero-order valence-corrected chi connectivity index (χ0v) is 17.9. The normalized spacial score (nSPS) is 15.5. The van der Waals surface area contributed by atoms with Gasteiger partial charge in [-0.25, -0.2) is 4.39 Å². The summed E-state index contributed by atoms with van der Waals surface area (Å²) >= 11 is 0. The van der Waals surface area contributed by atoms with Crippen molar-refractivity contribution >= 4 is 28.6 Å². The van der Waals surface area contributed by atoms with Gasteiger partial charge < -0.3 is 20.5 Å². The first-order chi connectivity index (χ1) is 15.3. The average Bonchev–Trinajstić information content (AvgIpc) is 3.33. The van der Waals surface area contributed by atoms with Gasteiger partial charge in [0.05, 0.1) is 18.2 Å². The Labute approximate surface area is 184 Å². The van der Waals surface area contributed by atoms with E-state index in [4.69, 9.17) is 0 Å². The van der Waals surface area contributed by atoms with Gasteiger partial charge in [0.1, 0.15) is 5.82 Å². The number of nitrogens with one attached hydrogen (secondary N) is 3. The van der Waals surface area contributed by atoms with E-state index in [1.165, 1.54) is 19.1 Å². The van der Waals surface area contributed by atoms with E-state index in [2.05, 4.69) is 20.7 Å². The third kappa shape index (κ3) is 4.48. The quantitative estimate of drug-likeness (QED) is 0.530. The molecule has 0 saturated heterocycles. The molecule has 2 aromatic heterocycles. The number of hydrogen-bond donors (Lipinski definition) is 3. The zero-order valence-electron chi connectivity index (χ0n) is 17.9. The van der Waals surface area contributed by atoms with Crippen LogP contribution in [0.4, 0.5) is 4.39 Å². The number of benzene rings is 1. The van der Waals surface area contributed by atoms with Crippen LogP contribution in [0.2, 0.25) is 0 Å². The number of aromatic amines is 1. The van der Waals surface area contributed by atoms with Crippen LogP contribution in [0, 0.1) is 5.82 Å². The summed E-state index contributed by atoms with van der Waals surface area (Å²) in [6, 6.07) is 4.56. The van der Waals surface area contributed by atoms with Crippen LogP contribution in [0.15, 0.2) is 30.6 Å². The number of halogens is 1. The Morgan fingerprint density at radius 3 is 2.88 bits per heavy atom. The summed E-state index contributed by atoms with van der Waals surface area (Å²) in [5, 5.41) is 10.7. The lowest BCUT2D eigenvalue weighted by Crippen LogP contribution is -2.46. The van der Waals surface area contributed by atoms with Gasteiger partial charge in [0.25, 0.3) is 0 Å². The molecule has 3 amide bonds. The lowest BCUT2D eigenvalue weighted by atomic mass is 9.95. The monoisotopic (exact) mass is 440 g/mol. The Balaban J connectivity index is 1.43. The van der Waals surface area contributed by atoms with Crippen molar-refractivity contribution in [3.8, 4) is 0 Å². The van der Waals surface area contributed by atoms with Crippen LogP contribution in [0.25, 0.3) is 10.9 Å². The molecule has 10 heteroatoms. The molecule has 0 saturated carbocycles. The van der Waals surface area contributed by atoms with Gasteiger partial charge in [-0.1, -0.05) is 0 Å². The van der Waals surface area contributed by atoms with Crippen LogP contribution in [-0.2, 0) is 34.4 Å². The summed E-state index contributed by atoms with van der Waals surface area (Å²) in [5.74, 6) is -1.69. The molecule has 3 aromatic rings. The molecular weight excluding hydrogens is 415 g/mol. The van der Waals surface area contributed by atoms with E-state index in [-0.39, 0.29) is 36.6 Å². The molecule has 3 heterocycles. The smallest absolute Gasteiger partial charge is 0.242 e. The fourth-order valence-electron chi connectivity index (χ4n) is 4.06. The molecule has 9 nitrogen and oxygen atoms in total. The maximum atomic E-state index is 13.6. The van der Waals surface area contributed by atoms with Crippen molar-refractivity contribution in [1.29, 1.82) is 0 Å². The second kappa shape index (κ2) is 8.81. The van der Waals surface area contributed by atoms with Gasteiger partial charge in [-0.2, -0.15) is 5.10 Å². The van der Waals surface area contributed by atoms with Gasteiger partial charge in [0.2, 0.25) is 17.7 Å². The van der Waals surface area contributed by atoms with Crippen LogP contribution < -0.4 is 10.6 Å². The SMILES string of the molecule is CC(=O)NCC(=O)N1Cc2cn(C)nc2[C@H](C(=O)NCCc2c[nH]c3ccc(F)cc23)C1. The summed E-state index contributed by atoms with van der Waals surface area (Å²) in [6.45, 7) is 2.12. The highest BCUT2D eigenvalue weighted by Gasteiger charge is 2.35. The maximum absolute atomic E-state index is 13.6. The third-order valence-corrected chi connectivity index (χ3v) is 5.61. The highest BCUT2D eigenvalue weighted by Crippen LogP contribution is 2.27. The minimum absolute atomic E-state index is 0.115. The van der Waals surface area contributed by atoms with Crippen LogP contribution >= 0.6 is 0 Å². The molecule has 0 spiro atoms. The van der Waals surface area contributed by atoms with Crippen molar-refractivity contribution in [3.05, 3.63) is 53.2 Å². The van der Waals surface area contributed by atoms with E-state index in [1.807, 2.05) is 6.20 Å². The topological polar surface area (TPSA) is 112 Å². The van der Waals surface area contributed by atoms with Gasteiger partial charge in [0.15, 0.2) is 0 Å². The lowest BCUT2D eigenvalue weighted by Gasteiger charge is -2.31. The van der Waals surface area contributed by atoms with Crippen LogP contribution in [0.5, 0.6) is 0 Å². The summed E-state index contributed by atoms with van der Waals surface area (Å²) in [6.07, 6.45) is 4.15. The summed E-state index contributed by atoms with van der Waals surface area (Å²) in [5.41, 5.74) is 3.21. The summed E-state index contributed by atoms with van der Waals surface area (Å²) < 4.78 is 15.2. The Morgan fingerprint density at radius 1 is 1.28 bits per heavy atom. The van der Waals surface area contributed by atoms with E-state index >= 15 is 0 Å². The largest absolute Gasteiger partial charge is 0.361 e. The molecule has 0 unspecified atom stereocenters. The van der Waals surface area contributed by atoms with Gasteiger partial charge in [-0.3, -0.25) is 19.1 Å². The molecule has 0 fully saturated rings. The van der Waals surface area contributed by atoms with E-state index < -0.39 is 5.92 Å². The molecule has 0 radical (unpaired) electrons. The number of carbonyl (C=O) groups excluding carboxylic acids is 3. The number of aryl methyl sites for hydroxylation is 1. The van der Waals surface area contributed by atoms with E-state index in [0.717, 1.165) is 22.0 Å². The first kappa shape index (κ1) is 21.5. The minimum atomic E-state index is -0.610. The van der Waals surface area contributed by atoms with Crippen LogP contribution in [0.1, 0.15) is 29.7 Å². The Morgan fingerprint density at radius 2 is 2.09 bits per heavy atom. The number of fused-ring (bicyclic) bond motifs is 2. The molecule has 0 aliphatic carbocycles. The van der Waals surface area contributed by atoms with Crippen molar-refractivity contribution in [1.82, 2.24) is 30.3 Å². The predicted octanol–water partition coefficient (Wildman–Crippen LogP) is 0.961. The van der Waals surface area contributed by atoms with Gasteiger partial charge in [-0.15, -0.1) is 0 Å². The maximum Gasteiger partial charge on any atom is 0.242 e.